The highest BCUT2D eigenvalue weighted by molar-refractivity contribution is 5.34. The Balaban J connectivity index is 2.20. The lowest BCUT2D eigenvalue weighted by Crippen LogP contribution is -2.00. The van der Waals surface area contributed by atoms with Crippen molar-refractivity contribution in [1.82, 2.24) is 0 Å². The van der Waals surface area contributed by atoms with E-state index in [1.165, 1.54) is 12.1 Å². The van der Waals surface area contributed by atoms with Crippen molar-refractivity contribution in [2.45, 2.75) is 13.0 Å². The van der Waals surface area contributed by atoms with Crippen LogP contribution in [0.25, 0.3) is 0 Å². The van der Waals surface area contributed by atoms with E-state index in [1.807, 2.05) is 6.92 Å². The Morgan fingerprint density at radius 3 is 2.44 bits per heavy atom. The summed E-state index contributed by atoms with van der Waals surface area (Å²) in [5.74, 6) is 0.408. The van der Waals surface area contributed by atoms with Crippen LogP contribution in [0.5, 0.6) is 5.75 Å². The molecule has 0 radical (unpaired) electrons. The molecule has 0 heterocycles. The third-order valence-electron chi connectivity index (χ3n) is 2.67. The predicted molar refractivity (Wildman–Crippen MR) is 68.1 cm³/mol. The van der Waals surface area contributed by atoms with Crippen LogP contribution >= 0.6 is 0 Å². The maximum atomic E-state index is 13.1. The molecule has 0 spiro atoms. The molecule has 18 heavy (non-hydrogen) atoms. The van der Waals surface area contributed by atoms with Gasteiger partial charge < -0.3 is 9.84 Å². The molecule has 0 aromatic heterocycles. The fraction of sp³-hybridized carbons (Fsp3) is 0.200. The summed E-state index contributed by atoms with van der Waals surface area (Å²) in [6.07, 6.45) is -0.823. The molecule has 0 amide bonds. The van der Waals surface area contributed by atoms with Gasteiger partial charge in [0, 0.05) is 0 Å². The smallest absolute Gasteiger partial charge is 0.123 e. The lowest BCUT2D eigenvalue weighted by atomic mass is 10.0. The van der Waals surface area contributed by atoms with Gasteiger partial charge in [-0.05, 0) is 42.3 Å². The first-order chi connectivity index (χ1) is 8.70. The maximum absolute atomic E-state index is 13.1. The van der Waals surface area contributed by atoms with Crippen molar-refractivity contribution in [3.05, 3.63) is 65.5 Å². The fourth-order valence-corrected chi connectivity index (χ4v) is 1.78. The van der Waals surface area contributed by atoms with E-state index in [0.29, 0.717) is 17.7 Å². The summed E-state index contributed by atoms with van der Waals surface area (Å²) in [5.41, 5.74) is 1.25. The van der Waals surface area contributed by atoms with Crippen LogP contribution in [0.2, 0.25) is 0 Å². The van der Waals surface area contributed by atoms with Gasteiger partial charge in [-0.15, -0.1) is 0 Å². The number of aliphatic hydroxyl groups excluding tert-OH is 1. The van der Waals surface area contributed by atoms with Crippen LogP contribution in [0.1, 0.15) is 24.2 Å². The highest BCUT2D eigenvalue weighted by atomic mass is 19.1. The maximum Gasteiger partial charge on any atom is 0.123 e. The first-order valence-corrected chi connectivity index (χ1v) is 5.87. The number of rotatable bonds is 4. The van der Waals surface area contributed by atoms with Crippen molar-refractivity contribution < 1.29 is 14.2 Å². The second kappa shape index (κ2) is 5.65. The standard InChI is InChI=1S/C15H15FO2/c1-2-18-14-8-6-11(7-9-14)15(17)12-4-3-5-13(16)10-12/h3-10,15,17H,2H2,1H3. The minimum absolute atomic E-state index is 0.350. The van der Waals surface area contributed by atoms with Gasteiger partial charge in [-0.25, -0.2) is 4.39 Å². The molecule has 0 fully saturated rings. The molecule has 2 aromatic carbocycles. The van der Waals surface area contributed by atoms with E-state index in [1.54, 1.807) is 36.4 Å². The third kappa shape index (κ3) is 2.87. The second-order valence-electron chi connectivity index (χ2n) is 3.96. The van der Waals surface area contributed by atoms with Crippen LogP contribution in [0, 0.1) is 5.82 Å². The largest absolute Gasteiger partial charge is 0.494 e. The zero-order valence-electron chi connectivity index (χ0n) is 10.1. The first kappa shape index (κ1) is 12.6. The molecule has 0 aliphatic carbocycles. The van der Waals surface area contributed by atoms with E-state index in [2.05, 4.69) is 0 Å². The van der Waals surface area contributed by atoms with Gasteiger partial charge in [0.25, 0.3) is 0 Å². The Kier molecular flexibility index (Phi) is 3.95. The van der Waals surface area contributed by atoms with E-state index in [9.17, 15) is 9.50 Å². The lowest BCUT2D eigenvalue weighted by Gasteiger charge is -2.12. The monoisotopic (exact) mass is 246 g/mol. The van der Waals surface area contributed by atoms with Crippen LogP contribution in [0.15, 0.2) is 48.5 Å². The van der Waals surface area contributed by atoms with Gasteiger partial charge in [-0.2, -0.15) is 0 Å². The van der Waals surface area contributed by atoms with E-state index < -0.39 is 6.10 Å². The predicted octanol–water partition coefficient (Wildman–Crippen LogP) is 3.31. The summed E-state index contributed by atoms with van der Waals surface area (Å²) in [6.45, 7) is 2.52. The number of hydrogen-bond acceptors (Lipinski definition) is 2. The molecular weight excluding hydrogens is 231 g/mol. The van der Waals surface area contributed by atoms with Crippen LogP contribution in [-0.2, 0) is 0 Å². The lowest BCUT2D eigenvalue weighted by molar-refractivity contribution is 0.219. The minimum Gasteiger partial charge on any atom is -0.494 e. The van der Waals surface area contributed by atoms with Crippen LogP contribution in [-0.4, -0.2) is 11.7 Å². The molecule has 0 bridgehead atoms. The van der Waals surface area contributed by atoms with Crippen LogP contribution < -0.4 is 4.74 Å². The summed E-state index contributed by atoms with van der Waals surface area (Å²) < 4.78 is 18.4. The number of halogens is 1. The zero-order chi connectivity index (χ0) is 13.0. The van der Waals surface area contributed by atoms with Gasteiger partial charge >= 0.3 is 0 Å². The number of benzene rings is 2. The minimum atomic E-state index is -0.823. The molecule has 0 saturated heterocycles. The van der Waals surface area contributed by atoms with E-state index in [4.69, 9.17) is 4.74 Å². The summed E-state index contributed by atoms with van der Waals surface area (Å²) in [4.78, 5) is 0. The molecule has 3 heteroatoms. The van der Waals surface area contributed by atoms with Crippen molar-refractivity contribution in [2.75, 3.05) is 6.61 Å². The average Bonchev–Trinajstić information content (AvgIpc) is 2.39. The van der Waals surface area contributed by atoms with Crippen molar-refractivity contribution in [1.29, 1.82) is 0 Å². The van der Waals surface area contributed by atoms with Crippen molar-refractivity contribution in [3.63, 3.8) is 0 Å². The summed E-state index contributed by atoms with van der Waals surface area (Å²) in [5, 5.41) is 10.1. The summed E-state index contributed by atoms with van der Waals surface area (Å²) >= 11 is 0. The molecule has 0 aliphatic rings. The number of ether oxygens (including phenoxy) is 1. The number of aliphatic hydroxyl groups is 1. The van der Waals surface area contributed by atoms with E-state index >= 15 is 0 Å². The molecular formula is C15H15FO2. The topological polar surface area (TPSA) is 29.5 Å². The van der Waals surface area contributed by atoms with Crippen molar-refractivity contribution >= 4 is 0 Å². The Bertz CT molecular complexity index is 508. The van der Waals surface area contributed by atoms with Gasteiger partial charge in [0.1, 0.15) is 17.7 Å². The first-order valence-electron chi connectivity index (χ1n) is 5.87. The quantitative estimate of drug-likeness (QED) is 0.896. The molecule has 0 saturated carbocycles. The van der Waals surface area contributed by atoms with Crippen molar-refractivity contribution in [2.24, 2.45) is 0 Å². The van der Waals surface area contributed by atoms with Crippen molar-refractivity contribution in [3.8, 4) is 5.75 Å². The van der Waals surface area contributed by atoms with Gasteiger partial charge in [0.15, 0.2) is 0 Å². The molecule has 2 nitrogen and oxygen atoms in total. The van der Waals surface area contributed by atoms with Gasteiger partial charge in [0.2, 0.25) is 0 Å². The highest BCUT2D eigenvalue weighted by Gasteiger charge is 2.10. The molecule has 0 aliphatic heterocycles. The fourth-order valence-electron chi connectivity index (χ4n) is 1.78. The molecule has 2 rings (SSSR count). The second-order valence-corrected chi connectivity index (χ2v) is 3.96. The molecule has 94 valence electrons. The third-order valence-corrected chi connectivity index (χ3v) is 2.67. The molecule has 1 N–H and O–H groups in total. The Morgan fingerprint density at radius 1 is 1.11 bits per heavy atom. The van der Waals surface area contributed by atoms with Gasteiger partial charge in [-0.1, -0.05) is 24.3 Å². The molecule has 1 atom stereocenters. The Labute approximate surface area is 106 Å². The van der Waals surface area contributed by atoms with Crippen LogP contribution in [0.4, 0.5) is 4.39 Å². The SMILES string of the molecule is CCOc1ccc(C(O)c2cccc(F)c2)cc1. The normalized spacial score (nSPS) is 12.2. The van der Waals surface area contributed by atoms with E-state index in [-0.39, 0.29) is 5.82 Å². The molecule has 2 aromatic rings. The molecule has 1 unspecified atom stereocenters. The van der Waals surface area contributed by atoms with Gasteiger partial charge in [0.05, 0.1) is 6.61 Å². The van der Waals surface area contributed by atoms with E-state index in [0.717, 1.165) is 5.75 Å². The van der Waals surface area contributed by atoms with Crippen LogP contribution in [0.3, 0.4) is 0 Å². The average molecular weight is 246 g/mol. The zero-order valence-corrected chi connectivity index (χ0v) is 10.1. The summed E-state index contributed by atoms with van der Waals surface area (Å²) in [7, 11) is 0. The highest BCUT2D eigenvalue weighted by Crippen LogP contribution is 2.24. The summed E-state index contributed by atoms with van der Waals surface area (Å²) in [6, 6.07) is 13.1. The number of hydrogen-bond donors (Lipinski definition) is 1. The Hall–Kier alpha value is -1.87. The van der Waals surface area contributed by atoms with Gasteiger partial charge in [-0.3, -0.25) is 0 Å². The Morgan fingerprint density at radius 2 is 1.83 bits per heavy atom.